The largest absolute Gasteiger partial charge is 0.350 e. The number of pyridine rings is 1. The van der Waals surface area contributed by atoms with Crippen LogP contribution in [0.3, 0.4) is 0 Å². The maximum Gasteiger partial charge on any atom is 0.254 e. The topological polar surface area (TPSA) is 82.6 Å². The van der Waals surface area contributed by atoms with E-state index in [1.807, 2.05) is 30.3 Å². The van der Waals surface area contributed by atoms with Crippen molar-refractivity contribution in [3.05, 3.63) is 65.0 Å². The van der Waals surface area contributed by atoms with Crippen LogP contribution in [0.15, 0.2) is 42.6 Å². The van der Waals surface area contributed by atoms with E-state index < -0.39 is 0 Å². The van der Waals surface area contributed by atoms with Gasteiger partial charge in [0.1, 0.15) is 6.54 Å². The van der Waals surface area contributed by atoms with Crippen LogP contribution in [0, 0.1) is 5.92 Å². The molecule has 1 unspecified atom stereocenters. The molecule has 2 aliphatic heterocycles. The zero-order valence-electron chi connectivity index (χ0n) is 16.0. The lowest BCUT2D eigenvalue weighted by atomic mass is 10.0. The fraction of sp³-hybridized carbons (Fsp3) is 0.364. The highest BCUT2D eigenvalue weighted by atomic mass is 16.2. The summed E-state index contributed by atoms with van der Waals surface area (Å²) in [6.07, 6.45) is 3.16. The Morgan fingerprint density at radius 1 is 1.07 bits per heavy atom. The second-order valence-corrected chi connectivity index (χ2v) is 8.04. The van der Waals surface area contributed by atoms with E-state index in [-0.39, 0.29) is 36.2 Å². The SMILES string of the molecule is O=C(NC1CN(C(=O)CN2Cc3ccccc3C2=O)C1)C1Cc2cccnc2C1. The average molecular weight is 390 g/mol. The quantitative estimate of drug-likeness (QED) is 0.836. The maximum atomic E-state index is 12.5. The third-order valence-corrected chi connectivity index (χ3v) is 6.06. The second-order valence-electron chi connectivity index (χ2n) is 8.04. The predicted molar refractivity (Wildman–Crippen MR) is 105 cm³/mol. The van der Waals surface area contributed by atoms with Gasteiger partial charge in [-0.3, -0.25) is 19.4 Å². The van der Waals surface area contributed by atoms with E-state index in [0.29, 0.717) is 31.6 Å². The number of fused-ring (bicyclic) bond motifs is 2. The lowest BCUT2D eigenvalue weighted by molar-refractivity contribution is -0.139. The van der Waals surface area contributed by atoms with Crippen LogP contribution in [0.2, 0.25) is 0 Å². The Morgan fingerprint density at radius 3 is 2.66 bits per heavy atom. The first-order valence-corrected chi connectivity index (χ1v) is 9.96. The molecule has 148 valence electrons. The Kier molecular flexibility index (Phi) is 4.30. The van der Waals surface area contributed by atoms with E-state index in [0.717, 1.165) is 23.2 Å². The summed E-state index contributed by atoms with van der Waals surface area (Å²) in [6.45, 7) is 1.55. The molecule has 0 spiro atoms. The first-order valence-electron chi connectivity index (χ1n) is 9.96. The van der Waals surface area contributed by atoms with Crippen molar-refractivity contribution in [1.29, 1.82) is 0 Å². The predicted octanol–water partition coefficient (Wildman–Crippen LogP) is 0.779. The molecule has 1 aliphatic carbocycles. The van der Waals surface area contributed by atoms with Gasteiger partial charge in [0.25, 0.3) is 5.91 Å². The van der Waals surface area contributed by atoms with Crippen molar-refractivity contribution in [1.82, 2.24) is 20.1 Å². The number of likely N-dealkylation sites (tertiary alicyclic amines) is 1. The van der Waals surface area contributed by atoms with Gasteiger partial charge in [0.15, 0.2) is 0 Å². The Labute approximate surface area is 168 Å². The molecule has 1 saturated heterocycles. The molecule has 2 aromatic rings. The van der Waals surface area contributed by atoms with Crippen LogP contribution >= 0.6 is 0 Å². The van der Waals surface area contributed by atoms with Gasteiger partial charge in [0.05, 0.1) is 6.04 Å². The molecule has 0 saturated carbocycles. The average Bonchev–Trinajstić information content (AvgIpc) is 3.26. The van der Waals surface area contributed by atoms with Crippen molar-refractivity contribution >= 4 is 17.7 Å². The number of nitrogens with one attached hydrogen (secondary N) is 1. The second kappa shape index (κ2) is 6.99. The van der Waals surface area contributed by atoms with Crippen molar-refractivity contribution < 1.29 is 14.4 Å². The summed E-state index contributed by atoms with van der Waals surface area (Å²) in [4.78, 5) is 45.1. The molecular formula is C22H22N4O3. The van der Waals surface area contributed by atoms with Crippen molar-refractivity contribution in [3.63, 3.8) is 0 Å². The molecule has 5 rings (SSSR count). The van der Waals surface area contributed by atoms with Crippen molar-refractivity contribution in [2.24, 2.45) is 5.92 Å². The fourth-order valence-corrected chi connectivity index (χ4v) is 4.40. The molecule has 1 aromatic carbocycles. The first-order chi connectivity index (χ1) is 14.1. The minimum Gasteiger partial charge on any atom is -0.350 e. The molecule has 29 heavy (non-hydrogen) atoms. The normalized spacial score (nSPS) is 20.3. The highest BCUT2D eigenvalue weighted by Crippen LogP contribution is 2.26. The number of aromatic nitrogens is 1. The van der Waals surface area contributed by atoms with Gasteiger partial charge in [0.2, 0.25) is 11.8 Å². The van der Waals surface area contributed by atoms with E-state index in [9.17, 15) is 14.4 Å². The number of nitrogens with zero attached hydrogens (tertiary/aromatic N) is 3. The number of amides is 3. The summed E-state index contributed by atoms with van der Waals surface area (Å²) in [7, 11) is 0. The van der Waals surface area contributed by atoms with Crippen LogP contribution in [0.1, 0.15) is 27.2 Å². The molecule has 3 aliphatic rings. The highest BCUT2D eigenvalue weighted by molar-refractivity contribution is 6.00. The first kappa shape index (κ1) is 17.8. The Bertz CT molecular complexity index is 974. The lowest BCUT2D eigenvalue weighted by Crippen LogP contribution is -2.62. The summed E-state index contributed by atoms with van der Waals surface area (Å²) in [5.74, 6) is -0.210. The molecule has 1 fully saturated rings. The van der Waals surface area contributed by atoms with Gasteiger partial charge in [0, 0.05) is 49.4 Å². The Morgan fingerprint density at radius 2 is 1.86 bits per heavy atom. The molecule has 1 N–H and O–H groups in total. The van der Waals surface area contributed by atoms with Crippen LogP contribution < -0.4 is 5.32 Å². The van der Waals surface area contributed by atoms with Gasteiger partial charge in [-0.05, 0) is 29.7 Å². The third-order valence-electron chi connectivity index (χ3n) is 6.06. The molecule has 0 bridgehead atoms. The van der Waals surface area contributed by atoms with Crippen LogP contribution in [0.5, 0.6) is 0 Å². The standard InChI is InChI=1S/C22H22N4O3/c27-20(13-26-10-15-4-1-2-6-18(15)22(26)29)25-11-17(12-25)24-21(28)16-8-14-5-3-7-23-19(14)9-16/h1-7,16-17H,8-13H2,(H,24,28). The van der Waals surface area contributed by atoms with Crippen LogP contribution in [0.4, 0.5) is 0 Å². The monoisotopic (exact) mass is 390 g/mol. The Hall–Kier alpha value is -3.22. The van der Waals surface area contributed by atoms with E-state index in [4.69, 9.17) is 0 Å². The van der Waals surface area contributed by atoms with Crippen LogP contribution in [-0.4, -0.2) is 58.2 Å². The number of hydrogen-bond acceptors (Lipinski definition) is 4. The minimum atomic E-state index is -0.0891. The zero-order valence-corrected chi connectivity index (χ0v) is 16.0. The summed E-state index contributed by atoms with van der Waals surface area (Å²) >= 11 is 0. The maximum absolute atomic E-state index is 12.5. The van der Waals surface area contributed by atoms with Gasteiger partial charge in [-0.25, -0.2) is 0 Å². The fourth-order valence-electron chi connectivity index (χ4n) is 4.40. The number of hydrogen-bond donors (Lipinski definition) is 1. The summed E-state index contributed by atoms with van der Waals surface area (Å²) in [6, 6.07) is 11.4. The third kappa shape index (κ3) is 3.26. The lowest BCUT2D eigenvalue weighted by Gasteiger charge is -2.40. The Balaban J connectivity index is 1.09. The molecule has 0 radical (unpaired) electrons. The van der Waals surface area contributed by atoms with Crippen molar-refractivity contribution in [2.75, 3.05) is 19.6 Å². The number of carbonyl (C=O) groups excluding carboxylic acids is 3. The van der Waals surface area contributed by atoms with Gasteiger partial charge < -0.3 is 15.1 Å². The zero-order chi connectivity index (χ0) is 20.0. The van der Waals surface area contributed by atoms with Gasteiger partial charge in [-0.2, -0.15) is 0 Å². The number of benzene rings is 1. The van der Waals surface area contributed by atoms with Crippen LogP contribution in [-0.2, 0) is 29.0 Å². The molecular weight excluding hydrogens is 368 g/mol. The molecule has 1 aromatic heterocycles. The van der Waals surface area contributed by atoms with Gasteiger partial charge >= 0.3 is 0 Å². The summed E-state index contributed by atoms with van der Waals surface area (Å²) in [5, 5.41) is 3.05. The molecule has 7 nitrogen and oxygen atoms in total. The van der Waals surface area contributed by atoms with Gasteiger partial charge in [-0.1, -0.05) is 24.3 Å². The smallest absolute Gasteiger partial charge is 0.254 e. The van der Waals surface area contributed by atoms with E-state index in [2.05, 4.69) is 10.3 Å². The minimum absolute atomic E-state index is 0.0189. The highest BCUT2D eigenvalue weighted by Gasteiger charge is 2.37. The molecule has 7 heteroatoms. The summed E-state index contributed by atoms with van der Waals surface area (Å²) < 4.78 is 0. The van der Waals surface area contributed by atoms with Crippen molar-refractivity contribution in [3.8, 4) is 0 Å². The van der Waals surface area contributed by atoms with E-state index in [1.165, 1.54) is 0 Å². The van der Waals surface area contributed by atoms with Crippen LogP contribution in [0.25, 0.3) is 0 Å². The van der Waals surface area contributed by atoms with E-state index in [1.54, 1.807) is 22.1 Å². The molecule has 1 atom stereocenters. The van der Waals surface area contributed by atoms with E-state index >= 15 is 0 Å². The number of carbonyl (C=O) groups is 3. The summed E-state index contributed by atoms with van der Waals surface area (Å²) in [5.41, 5.74) is 3.80. The van der Waals surface area contributed by atoms with Gasteiger partial charge in [-0.15, -0.1) is 0 Å². The van der Waals surface area contributed by atoms with Crippen molar-refractivity contribution in [2.45, 2.75) is 25.4 Å². The molecule has 3 heterocycles. The molecule has 3 amide bonds. The number of rotatable bonds is 4.